The molecule has 0 aliphatic rings. The van der Waals surface area contributed by atoms with Gasteiger partial charge in [-0.2, -0.15) is 0 Å². The average Bonchev–Trinajstić information content (AvgIpc) is 2.44. The number of nitrogens with zero attached hydrogens (tertiary/aromatic N) is 1. The summed E-state index contributed by atoms with van der Waals surface area (Å²) in [7, 11) is 0. The number of pyridine rings is 1. The summed E-state index contributed by atoms with van der Waals surface area (Å²) in [5.41, 5.74) is 6.56. The quantitative estimate of drug-likeness (QED) is 0.877. The van der Waals surface area contributed by atoms with Gasteiger partial charge in [0.05, 0.1) is 18.8 Å². The minimum Gasteiger partial charge on any atom is -0.492 e. The lowest BCUT2D eigenvalue weighted by atomic mass is 10.0. The average molecular weight is 282 g/mol. The van der Waals surface area contributed by atoms with Crippen molar-refractivity contribution in [3.8, 4) is 5.75 Å². The Hall–Kier alpha value is -2.08. The Morgan fingerprint density at radius 1 is 1.10 bits per heavy atom. The minimum absolute atomic E-state index is 0.122. The molecule has 1 aromatic carbocycles. The molecule has 106 valence electrons. The molecule has 2 rings (SSSR count). The van der Waals surface area contributed by atoms with Crippen molar-refractivity contribution >= 4 is 0 Å². The summed E-state index contributed by atoms with van der Waals surface area (Å²) in [6, 6.07) is 2.54. The first-order valence-electron chi connectivity index (χ1n) is 6.00. The molecular formula is C14H13F3N2O. The molecule has 2 N–H and O–H groups in total. The van der Waals surface area contributed by atoms with E-state index in [1.165, 1.54) is 12.4 Å². The monoisotopic (exact) mass is 282 g/mol. The molecule has 1 aromatic heterocycles. The van der Waals surface area contributed by atoms with Gasteiger partial charge in [0.2, 0.25) is 0 Å². The topological polar surface area (TPSA) is 48.1 Å². The van der Waals surface area contributed by atoms with Gasteiger partial charge in [0.15, 0.2) is 17.5 Å². The summed E-state index contributed by atoms with van der Waals surface area (Å²) in [6.45, 7) is 2.28. The largest absolute Gasteiger partial charge is 0.492 e. The molecule has 1 unspecified atom stereocenters. The Kier molecular flexibility index (Phi) is 4.24. The lowest BCUT2D eigenvalue weighted by Gasteiger charge is -2.14. The Balaban J connectivity index is 2.35. The standard InChI is InChI=1S/C14H13F3N2O/c1-2-20-10-3-9(6-19-7-10)14(18)8-4-11(15)13(17)12(16)5-8/h3-7,14H,2,18H2,1H3. The van der Waals surface area contributed by atoms with Gasteiger partial charge in [-0.15, -0.1) is 0 Å². The van der Waals surface area contributed by atoms with Crippen molar-refractivity contribution in [1.82, 2.24) is 4.98 Å². The normalized spacial score (nSPS) is 12.2. The SMILES string of the molecule is CCOc1cncc(C(N)c2cc(F)c(F)c(F)c2)c1. The fourth-order valence-corrected chi connectivity index (χ4v) is 1.80. The van der Waals surface area contributed by atoms with E-state index in [1.54, 1.807) is 6.07 Å². The van der Waals surface area contributed by atoms with Gasteiger partial charge in [-0.1, -0.05) is 0 Å². The summed E-state index contributed by atoms with van der Waals surface area (Å²) >= 11 is 0. The van der Waals surface area contributed by atoms with Crippen LogP contribution in [0, 0.1) is 17.5 Å². The Bertz CT molecular complexity index is 596. The summed E-state index contributed by atoms with van der Waals surface area (Å²) in [5, 5.41) is 0. The molecule has 0 spiro atoms. The van der Waals surface area contributed by atoms with E-state index in [2.05, 4.69) is 4.98 Å². The molecule has 0 radical (unpaired) electrons. The van der Waals surface area contributed by atoms with Gasteiger partial charge >= 0.3 is 0 Å². The van der Waals surface area contributed by atoms with E-state index in [9.17, 15) is 13.2 Å². The molecule has 0 aliphatic carbocycles. The van der Waals surface area contributed by atoms with Crippen molar-refractivity contribution in [1.29, 1.82) is 0 Å². The molecule has 0 fully saturated rings. The van der Waals surface area contributed by atoms with Crippen LogP contribution in [0.1, 0.15) is 24.1 Å². The molecule has 2 aromatic rings. The second-order valence-electron chi connectivity index (χ2n) is 4.16. The van der Waals surface area contributed by atoms with Crippen molar-refractivity contribution in [2.45, 2.75) is 13.0 Å². The van der Waals surface area contributed by atoms with E-state index < -0.39 is 23.5 Å². The van der Waals surface area contributed by atoms with Gasteiger partial charge in [-0.05, 0) is 36.2 Å². The van der Waals surface area contributed by atoms with Gasteiger partial charge in [-0.3, -0.25) is 4.98 Å². The number of hydrogen-bond donors (Lipinski definition) is 1. The molecule has 0 aliphatic heterocycles. The highest BCUT2D eigenvalue weighted by Crippen LogP contribution is 2.24. The smallest absolute Gasteiger partial charge is 0.194 e. The molecule has 0 saturated carbocycles. The maximum absolute atomic E-state index is 13.2. The van der Waals surface area contributed by atoms with Crippen LogP contribution < -0.4 is 10.5 Å². The zero-order valence-corrected chi connectivity index (χ0v) is 10.7. The lowest BCUT2D eigenvalue weighted by Crippen LogP contribution is -2.13. The third-order valence-corrected chi connectivity index (χ3v) is 2.77. The fraction of sp³-hybridized carbons (Fsp3) is 0.214. The van der Waals surface area contributed by atoms with Crippen molar-refractivity contribution < 1.29 is 17.9 Å². The Labute approximate surface area is 114 Å². The first kappa shape index (κ1) is 14.3. The molecule has 1 heterocycles. The van der Waals surface area contributed by atoms with E-state index in [1.807, 2.05) is 6.92 Å². The highest BCUT2D eigenvalue weighted by molar-refractivity contribution is 5.34. The first-order valence-corrected chi connectivity index (χ1v) is 6.00. The van der Waals surface area contributed by atoms with Gasteiger partial charge in [0.25, 0.3) is 0 Å². The molecule has 0 bridgehead atoms. The number of ether oxygens (including phenoxy) is 1. The van der Waals surface area contributed by atoms with Crippen LogP contribution in [0.4, 0.5) is 13.2 Å². The molecule has 0 saturated heterocycles. The van der Waals surface area contributed by atoms with Gasteiger partial charge < -0.3 is 10.5 Å². The number of rotatable bonds is 4. The molecule has 6 heteroatoms. The third kappa shape index (κ3) is 2.91. The number of halogens is 3. The van der Waals surface area contributed by atoms with Gasteiger partial charge in [0.1, 0.15) is 5.75 Å². The first-order chi connectivity index (χ1) is 9.52. The van der Waals surface area contributed by atoms with Crippen molar-refractivity contribution in [2.24, 2.45) is 5.73 Å². The van der Waals surface area contributed by atoms with Crippen LogP contribution >= 0.6 is 0 Å². The van der Waals surface area contributed by atoms with Crippen LogP contribution in [0.15, 0.2) is 30.6 Å². The Morgan fingerprint density at radius 2 is 1.75 bits per heavy atom. The summed E-state index contributed by atoms with van der Waals surface area (Å²) < 4.78 is 44.6. The number of benzene rings is 1. The van der Waals surface area contributed by atoms with E-state index in [0.29, 0.717) is 17.9 Å². The van der Waals surface area contributed by atoms with Crippen molar-refractivity contribution in [2.75, 3.05) is 6.61 Å². The summed E-state index contributed by atoms with van der Waals surface area (Å²) in [5.74, 6) is -3.56. The maximum atomic E-state index is 13.2. The van der Waals surface area contributed by atoms with Crippen LogP contribution in [-0.4, -0.2) is 11.6 Å². The third-order valence-electron chi connectivity index (χ3n) is 2.77. The van der Waals surface area contributed by atoms with E-state index in [4.69, 9.17) is 10.5 Å². The predicted molar refractivity (Wildman–Crippen MR) is 67.8 cm³/mol. The van der Waals surface area contributed by atoms with E-state index in [-0.39, 0.29) is 5.56 Å². The van der Waals surface area contributed by atoms with E-state index >= 15 is 0 Å². The number of hydrogen-bond acceptors (Lipinski definition) is 3. The number of aromatic nitrogens is 1. The van der Waals surface area contributed by atoms with Crippen molar-refractivity contribution in [3.05, 3.63) is 59.2 Å². The van der Waals surface area contributed by atoms with Crippen LogP contribution in [0.3, 0.4) is 0 Å². The molecule has 20 heavy (non-hydrogen) atoms. The van der Waals surface area contributed by atoms with Crippen LogP contribution in [0.2, 0.25) is 0 Å². The van der Waals surface area contributed by atoms with Gasteiger partial charge in [0, 0.05) is 6.20 Å². The number of nitrogens with two attached hydrogens (primary N) is 1. The molecule has 3 nitrogen and oxygen atoms in total. The molecular weight excluding hydrogens is 269 g/mol. The Morgan fingerprint density at radius 3 is 2.35 bits per heavy atom. The highest BCUT2D eigenvalue weighted by Gasteiger charge is 2.16. The maximum Gasteiger partial charge on any atom is 0.194 e. The minimum atomic E-state index is -1.51. The fourth-order valence-electron chi connectivity index (χ4n) is 1.80. The second-order valence-corrected chi connectivity index (χ2v) is 4.16. The van der Waals surface area contributed by atoms with E-state index in [0.717, 1.165) is 12.1 Å². The second kappa shape index (κ2) is 5.92. The summed E-state index contributed by atoms with van der Waals surface area (Å²) in [4.78, 5) is 3.95. The zero-order valence-electron chi connectivity index (χ0n) is 10.7. The van der Waals surface area contributed by atoms with Crippen LogP contribution in [0.25, 0.3) is 0 Å². The van der Waals surface area contributed by atoms with Gasteiger partial charge in [-0.25, -0.2) is 13.2 Å². The lowest BCUT2D eigenvalue weighted by molar-refractivity contribution is 0.338. The zero-order chi connectivity index (χ0) is 14.7. The molecule has 0 amide bonds. The predicted octanol–water partition coefficient (Wildman–Crippen LogP) is 2.95. The molecule has 1 atom stereocenters. The van der Waals surface area contributed by atoms with Crippen LogP contribution in [-0.2, 0) is 0 Å². The summed E-state index contributed by atoms with van der Waals surface area (Å²) in [6.07, 6.45) is 2.97. The highest BCUT2D eigenvalue weighted by atomic mass is 19.2. The van der Waals surface area contributed by atoms with Crippen molar-refractivity contribution in [3.63, 3.8) is 0 Å². The van der Waals surface area contributed by atoms with Crippen LogP contribution in [0.5, 0.6) is 5.75 Å².